The predicted octanol–water partition coefficient (Wildman–Crippen LogP) is 4.07. The van der Waals surface area contributed by atoms with Crippen LogP contribution in [0.3, 0.4) is 0 Å². The number of aliphatic hydroxyl groups excluding tert-OH is 1. The molecule has 0 amide bonds. The molecule has 0 aromatic heterocycles. The van der Waals surface area contributed by atoms with Crippen molar-refractivity contribution in [2.75, 3.05) is 6.54 Å². The minimum absolute atomic E-state index is 0.0198. The van der Waals surface area contributed by atoms with Crippen LogP contribution in [-0.4, -0.2) is 29.6 Å². The van der Waals surface area contributed by atoms with Gasteiger partial charge in [0.15, 0.2) is 0 Å². The van der Waals surface area contributed by atoms with Crippen LogP contribution in [0.4, 0.5) is 30.7 Å². The lowest BCUT2D eigenvalue weighted by Gasteiger charge is -2.35. The van der Waals surface area contributed by atoms with Crippen molar-refractivity contribution in [3.05, 3.63) is 46.7 Å². The Bertz CT molecular complexity index is 709. The van der Waals surface area contributed by atoms with E-state index in [0.717, 1.165) is 18.2 Å². The smallest absolute Gasteiger partial charge is 0.388 e. The van der Waals surface area contributed by atoms with Gasteiger partial charge in [-0.1, -0.05) is 18.2 Å². The van der Waals surface area contributed by atoms with E-state index in [1.165, 1.54) is 6.07 Å². The zero-order valence-electron chi connectivity index (χ0n) is 12.7. The van der Waals surface area contributed by atoms with Gasteiger partial charge in [0.05, 0.1) is 18.2 Å². The highest BCUT2D eigenvalue weighted by Gasteiger charge is 2.64. The minimum Gasteiger partial charge on any atom is -0.388 e. The van der Waals surface area contributed by atoms with Gasteiger partial charge in [-0.3, -0.25) is 0 Å². The van der Waals surface area contributed by atoms with Crippen molar-refractivity contribution < 1.29 is 35.8 Å². The second kappa shape index (κ2) is 5.62. The Morgan fingerprint density at radius 1 is 1.08 bits per heavy atom. The Hall–Kier alpha value is -1.77. The first-order valence-electron chi connectivity index (χ1n) is 7.54. The maximum absolute atomic E-state index is 14.6. The van der Waals surface area contributed by atoms with Gasteiger partial charge < -0.3 is 10.4 Å². The highest BCUT2D eigenvalue weighted by Crippen LogP contribution is 2.51. The summed E-state index contributed by atoms with van der Waals surface area (Å²) in [7, 11) is 0. The fourth-order valence-corrected chi connectivity index (χ4v) is 3.61. The van der Waals surface area contributed by atoms with Gasteiger partial charge >= 0.3 is 12.4 Å². The number of hydrogen-bond donors (Lipinski definition) is 2. The highest BCUT2D eigenvalue weighted by molar-refractivity contribution is 5.43. The van der Waals surface area contributed by atoms with E-state index in [9.17, 15) is 35.8 Å². The molecule has 3 rings (SSSR count). The van der Waals surface area contributed by atoms with Crippen LogP contribution in [0.15, 0.2) is 35.5 Å². The third-order valence-electron chi connectivity index (χ3n) is 4.79. The maximum atomic E-state index is 14.6. The van der Waals surface area contributed by atoms with Gasteiger partial charge in [-0.15, -0.1) is 0 Å². The molecule has 3 atom stereocenters. The third kappa shape index (κ3) is 2.78. The molecule has 0 radical (unpaired) electrons. The number of aliphatic hydroxyl groups is 1. The summed E-state index contributed by atoms with van der Waals surface area (Å²) in [6, 6.07) is 4.36. The minimum atomic E-state index is -5.27. The average Bonchev–Trinajstić information content (AvgIpc) is 2.86. The number of allylic oxidation sites excluding steroid dienone is 1. The molecule has 1 aromatic carbocycles. The quantitative estimate of drug-likeness (QED) is 0.732. The summed E-state index contributed by atoms with van der Waals surface area (Å²) in [4.78, 5) is 0. The summed E-state index contributed by atoms with van der Waals surface area (Å²) in [6.45, 7) is -1.08. The molecule has 2 N–H and O–H groups in total. The van der Waals surface area contributed by atoms with E-state index in [-0.39, 0.29) is 24.1 Å². The van der Waals surface area contributed by atoms with Gasteiger partial charge in [-0.25, -0.2) is 4.39 Å². The molecule has 138 valence electrons. The van der Waals surface area contributed by atoms with Gasteiger partial charge in [0.2, 0.25) is 5.67 Å². The Kier molecular flexibility index (Phi) is 4.05. The van der Waals surface area contributed by atoms with Crippen LogP contribution in [0, 0.1) is 0 Å². The first-order chi connectivity index (χ1) is 11.5. The second-order valence-electron chi connectivity index (χ2n) is 6.22. The number of alkyl halides is 7. The van der Waals surface area contributed by atoms with Gasteiger partial charge in [0.1, 0.15) is 0 Å². The lowest BCUT2D eigenvalue weighted by molar-refractivity contribution is -0.214. The SMILES string of the molecule is OC1C2=C(CCC1c1ccccc1C(F)(F)F)NCC2(F)C(F)(F)F. The molecule has 2 aliphatic rings. The molecule has 0 saturated heterocycles. The Labute approximate surface area is 138 Å². The predicted molar refractivity (Wildman–Crippen MR) is 74.3 cm³/mol. The van der Waals surface area contributed by atoms with Crippen LogP contribution in [-0.2, 0) is 6.18 Å². The van der Waals surface area contributed by atoms with Crippen molar-refractivity contribution >= 4 is 0 Å². The Balaban J connectivity index is 2.05. The van der Waals surface area contributed by atoms with E-state index >= 15 is 0 Å². The summed E-state index contributed by atoms with van der Waals surface area (Å²) in [5.74, 6) is -1.27. The standard InChI is InChI=1S/C16H14F7NO/c17-14(16(21,22)23)7-24-11-6-5-9(13(25)12(11)14)8-3-1-2-4-10(8)15(18,19)20/h1-4,9,13,24-25H,5-7H2. The first kappa shape index (κ1) is 18.0. The van der Waals surface area contributed by atoms with E-state index in [2.05, 4.69) is 5.32 Å². The topological polar surface area (TPSA) is 32.3 Å². The highest BCUT2D eigenvalue weighted by atomic mass is 19.4. The monoisotopic (exact) mass is 369 g/mol. The van der Waals surface area contributed by atoms with E-state index < -0.39 is 47.7 Å². The van der Waals surface area contributed by atoms with Crippen LogP contribution in [0.25, 0.3) is 0 Å². The molecule has 0 bridgehead atoms. The van der Waals surface area contributed by atoms with Crippen LogP contribution >= 0.6 is 0 Å². The summed E-state index contributed by atoms with van der Waals surface area (Å²) in [6.07, 6.45) is -12.1. The molecular formula is C16H14F7NO. The van der Waals surface area contributed by atoms with E-state index in [0.29, 0.717) is 0 Å². The number of benzene rings is 1. The maximum Gasteiger partial charge on any atom is 0.428 e. The second-order valence-corrected chi connectivity index (χ2v) is 6.22. The number of nitrogens with one attached hydrogen (secondary N) is 1. The number of hydrogen-bond acceptors (Lipinski definition) is 2. The van der Waals surface area contributed by atoms with Gasteiger partial charge in [0.25, 0.3) is 0 Å². The van der Waals surface area contributed by atoms with E-state index in [1.807, 2.05) is 0 Å². The van der Waals surface area contributed by atoms with Crippen molar-refractivity contribution in [2.24, 2.45) is 0 Å². The molecule has 1 aliphatic carbocycles. The fraction of sp³-hybridized carbons (Fsp3) is 0.500. The van der Waals surface area contributed by atoms with Gasteiger partial charge in [0, 0.05) is 17.2 Å². The largest absolute Gasteiger partial charge is 0.428 e. The molecule has 1 aromatic rings. The van der Waals surface area contributed by atoms with Crippen LogP contribution in [0.1, 0.15) is 29.9 Å². The van der Waals surface area contributed by atoms with Crippen molar-refractivity contribution in [1.29, 1.82) is 0 Å². The van der Waals surface area contributed by atoms with Crippen LogP contribution in [0.5, 0.6) is 0 Å². The molecule has 0 fully saturated rings. The molecule has 1 heterocycles. The summed E-state index contributed by atoms with van der Waals surface area (Å²) in [5.41, 5.74) is -6.12. The van der Waals surface area contributed by atoms with Crippen molar-refractivity contribution in [3.8, 4) is 0 Å². The summed E-state index contributed by atoms with van der Waals surface area (Å²) < 4.78 is 93.6. The summed E-state index contributed by atoms with van der Waals surface area (Å²) >= 11 is 0. The van der Waals surface area contributed by atoms with Crippen molar-refractivity contribution in [3.63, 3.8) is 0 Å². The van der Waals surface area contributed by atoms with Gasteiger partial charge in [-0.2, -0.15) is 26.3 Å². The molecule has 0 spiro atoms. The van der Waals surface area contributed by atoms with Crippen molar-refractivity contribution in [2.45, 2.75) is 42.9 Å². The van der Waals surface area contributed by atoms with Gasteiger partial charge in [-0.05, 0) is 24.5 Å². The average molecular weight is 369 g/mol. The number of rotatable bonds is 1. The normalized spacial score (nSPS) is 30.2. The lowest BCUT2D eigenvalue weighted by Crippen LogP contribution is -2.49. The van der Waals surface area contributed by atoms with E-state index in [4.69, 9.17) is 0 Å². The third-order valence-corrected chi connectivity index (χ3v) is 4.79. The zero-order valence-corrected chi connectivity index (χ0v) is 12.7. The van der Waals surface area contributed by atoms with E-state index in [1.54, 1.807) is 0 Å². The molecular weight excluding hydrogens is 355 g/mol. The molecule has 0 saturated carbocycles. The molecule has 3 unspecified atom stereocenters. The Morgan fingerprint density at radius 3 is 2.32 bits per heavy atom. The molecule has 2 nitrogen and oxygen atoms in total. The van der Waals surface area contributed by atoms with Crippen molar-refractivity contribution in [1.82, 2.24) is 5.32 Å². The molecule has 1 aliphatic heterocycles. The summed E-state index contributed by atoms with van der Waals surface area (Å²) in [5, 5.41) is 12.7. The van der Waals surface area contributed by atoms with Crippen LogP contribution in [0.2, 0.25) is 0 Å². The number of halogens is 7. The first-order valence-corrected chi connectivity index (χ1v) is 7.54. The van der Waals surface area contributed by atoms with Crippen LogP contribution < -0.4 is 5.32 Å². The molecule has 25 heavy (non-hydrogen) atoms. The zero-order chi connectivity index (χ0) is 18.6. The Morgan fingerprint density at radius 2 is 1.72 bits per heavy atom. The fourth-order valence-electron chi connectivity index (χ4n) is 3.61. The molecule has 9 heteroatoms. The lowest BCUT2D eigenvalue weighted by atomic mass is 9.75.